The topological polar surface area (TPSA) is 47.4 Å². The molecule has 0 unspecified atom stereocenters. The maximum atomic E-state index is 14.2. The Balaban J connectivity index is 1.67. The van der Waals surface area contributed by atoms with Gasteiger partial charge in [0.1, 0.15) is 11.4 Å². The zero-order valence-electron chi connectivity index (χ0n) is 16.1. The number of ether oxygens (including phenoxy) is 1. The number of benzene rings is 1. The first-order valence-corrected chi connectivity index (χ1v) is 9.21. The molecule has 6 heteroatoms. The first kappa shape index (κ1) is 19.1. The predicted molar refractivity (Wildman–Crippen MR) is 104 cm³/mol. The fourth-order valence-electron chi connectivity index (χ4n) is 3.21. The Labute approximate surface area is 159 Å². The van der Waals surface area contributed by atoms with Crippen molar-refractivity contribution in [2.75, 3.05) is 13.1 Å². The summed E-state index contributed by atoms with van der Waals surface area (Å²) >= 11 is 0. The molecule has 0 saturated carbocycles. The standard InChI is InChI=1S/C21H26FN3O2/c1-5-15-6-7-19(22)18(12-15)16-13-23-25(14-16)17-8-10-24(11-9-17)20(26)27-21(2,3)4/h5-7,12-14,17H,1,8-11H2,2-4H3. The molecule has 0 atom stereocenters. The molecule has 1 saturated heterocycles. The second kappa shape index (κ2) is 7.55. The quantitative estimate of drug-likeness (QED) is 0.771. The second-order valence-electron chi connectivity index (χ2n) is 7.85. The Morgan fingerprint density at radius 2 is 2.04 bits per heavy atom. The highest BCUT2D eigenvalue weighted by Crippen LogP contribution is 2.28. The highest BCUT2D eigenvalue weighted by molar-refractivity contribution is 5.68. The van der Waals surface area contributed by atoms with Crippen LogP contribution in [0.5, 0.6) is 0 Å². The van der Waals surface area contributed by atoms with Crippen LogP contribution in [-0.4, -0.2) is 39.5 Å². The van der Waals surface area contributed by atoms with Crippen LogP contribution >= 0.6 is 0 Å². The molecule has 0 aliphatic carbocycles. The Morgan fingerprint density at radius 3 is 2.67 bits per heavy atom. The molecule has 1 aromatic carbocycles. The first-order chi connectivity index (χ1) is 12.8. The molecule has 1 amide bonds. The minimum Gasteiger partial charge on any atom is -0.444 e. The van der Waals surface area contributed by atoms with Gasteiger partial charge in [-0.05, 0) is 51.3 Å². The number of piperidine rings is 1. The van der Waals surface area contributed by atoms with E-state index in [2.05, 4.69) is 11.7 Å². The summed E-state index contributed by atoms with van der Waals surface area (Å²) in [4.78, 5) is 13.9. The molecule has 0 radical (unpaired) electrons. The van der Waals surface area contributed by atoms with Gasteiger partial charge in [0.2, 0.25) is 0 Å². The molecule has 2 aromatic rings. The number of halogens is 1. The summed E-state index contributed by atoms with van der Waals surface area (Å²) in [6.07, 6.45) is 6.56. The van der Waals surface area contributed by atoms with Crippen molar-refractivity contribution in [3.05, 3.63) is 48.6 Å². The van der Waals surface area contributed by atoms with Gasteiger partial charge in [-0.25, -0.2) is 9.18 Å². The fraction of sp³-hybridized carbons (Fsp3) is 0.429. The summed E-state index contributed by atoms with van der Waals surface area (Å²) in [7, 11) is 0. The van der Waals surface area contributed by atoms with E-state index < -0.39 is 5.60 Å². The molecule has 144 valence electrons. The van der Waals surface area contributed by atoms with Crippen molar-refractivity contribution >= 4 is 12.2 Å². The van der Waals surface area contributed by atoms with Crippen LogP contribution in [0, 0.1) is 5.82 Å². The zero-order valence-corrected chi connectivity index (χ0v) is 16.1. The lowest BCUT2D eigenvalue weighted by Crippen LogP contribution is -2.42. The SMILES string of the molecule is C=Cc1ccc(F)c(-c2cnn(C3CCN(C(=O)OC(C)(C)C)CC3)c2)c1. The maximum Gasteiger partial charge on any atom is 0.410 e. The Bertz CT molecular complexity index is 830. The minimum atomic E-state index is -0.491. The molecule has 5 nitrogen and oxygen atoms in total. The number of likely N-dealkylation sites (tertiary alicyclic amines) is 1. The zero-order chi connectivity index (χ0) is 19.6. The van der Waals surface area contributed by atoms with Gasteiger partial charge < -0.3 is 9.64 Å². The first-order valence-electron chi connectivity index (χ1n) is 9.21. The summed E-state index contributed by atoms with van der Waals surface area (Å²) in [5.74, 6) is -0.278. The number of hydrogen-bond donors (Lipinski definition) is 0. The lowest BCUT2D eigenvalue weighted by Gasteiger charge is -2.33. The normalized spacial score (nSPS) is 15.6. The summed E-state index contributed by atoms with van der Waals surface area (Å²) in [5, 5.41) is 4.43. The third-order valence-electron chi connectivity index (χ3n) is 4.63. The van der Waals surface area contributed by atoms with Crippen molar-refractivity contribution in [3.8, 4) is 11.1 Å². The average molecular weight is 371 g/mol. The number of hydrogen-bond acceptors (Lipinski definition) is 3. The van der Waals surface area contributed by atoms with Crippen molar-refractivity contribution in [2.45, 2.75) is 45.3 Å². The molecule has 1 aliphatic rings. The van der Waals surface area contributed by atoms with Crippen LogP contribution < -0.4 is 0 Å². The highest BCUT2D eigenvalue weighted by Gasteiger charge is 2.28. The smallest absolute Gasteiger partial charge is 0.410 e. The van der Waals surface area contributed by atoms with Gasteiger partial charge in [0.25, 0.3) is 0 Å². The Kier molecular flexibility index (Phi) is 5.35. The molecule has 1 aliphatic heterocycles. The third-order valence-corrected chi connectivity index (χ3v) is 4.63. The van der Waals surface area contributed by atoms with Crippen molar-refractivity contribution in [2.24, 2.45) is 0 Å². The molecular weight excluding hydrogens is 345 g/mol. The van der Waals surface area contributed by atoms with Gasteiger partial charge in [0, 0.05) is 30.4 Å². The summed E-state index contributed by atoms with van der Waals surface area (Å²) in [5.41, 5.74) is 1.63. The number of nitrogens with zero attached hydrogens (tertiary/aromatic N) is 3. The van der Waals surface area contributed by atoms with Gasteiger partial charge in [-0.1, -0.05) is 18.7 Å². The summed E-state index contributed by atoms with van der Waals surface area (Å²) in [6, 6.07) is 5.10. The van der Waals surface area contributed by atoms with E-state index in [1.807, 2.05) is 31.6 Å². The van der Waals surface area contributed by atoms with Crippen LogP contribution in [0.2, 0.25) is 0 Å². The number of amides is 1. The molecule has 2 heterocycles. The van der Waals surface area contributed by atoms with Gasteiger partial charge in [-0.15, -0.1) is 0 Å². The number of aromatic nitrogens is 2. The summed E-state index contributed by atoms with van der Waals surface area (Å²) < 4.78 is 21.5. The average Bonchev–Trinajstić information content (AvgIpc) is 3.11. The molecule has 1 fully saturated rings. The lowest BCUT2D eigenvalue weighted by molar-refractivity contribution is 0.0185. The largest absolute Gasteiger partial charge is 0.444 e. The Morgan fingerprint density at radius 1 is 1.33 bits per heavy atom. The Hall–Kier alpha value is -2.63. The van der Waals surface area contributed by atoms with Crippen LogP contribution in [0.3, 0.4) is 0 Å². The molecule has 0 spiro atoms. The van der Waals surface area contributed by atoms with Gasteiger partial charge in [0.15, 0.2) is 0 Å². The van der Waals surface area contributed by atoms with Gasteiger partial charge in [-0.3, -0.25) is 4.68 Å². The van der Waals surface area contributed by atoms with Crippen molar-refractivity contribution in [1.29, 1.82) is 0 Å². The highest BCUT2D eigenvalue weighted by atomic mass is 19.1. The van der Waals surface area contributed by atoms with E-state index in [-0.39, 0.29) is 18.0 Å². The molecule has 1 aromatic heterocycles. The molecule has 27 heavy (non-hydrogen) atoms. The molecule has 3 rings (SSSR count). The number of carbonyl (C=O) groups is 1. The summed E-state index contributed by atoms with van der Waals surface area (Å²) in [6.45, 7) is 10.6. The van der Waals surface area contributed by atoms with Crippen molar-refractivity contribution in [3.63, 3.8) is 0 Å². The van der Waals surface area contributed by atoms with Crippen LogP contribution in [0.15, 0.2) is 37.2 Å². The van der Waals surface area contributed by atoms with E-state index in [1.165, 1.54) is 6.07 Å². The van der Waals surface area contributed by atoms with E-state index in [0.717, 1.165) is 24.0 Å². The third kappa shape index (κ3) is 4.56. The molecule has 0 N–H and O–H groups in total. The monoisotopic (exact) mass is 371 g/mol. The van der Waals surface area contributed by atoms with Crippen molar-refractivity contribution in [1.82, 2.24) is 14.7 Å². The second-order valence-corrected chi connectivity index (χ2v) is 7.85. The van der Waals surface area contributed by atoms with E-state index in [1.54, 1.807) is 29.3 Å². The van der Waals surface area contributed by atoms with E-state index >= 15 is 0 Å². The number of carbonyl (C=O) groups excluding carboxylic acids is 1. The van der Waals surface area contributed by atoms with E-state index in [4.69, 9.17) is 4.74 Å². The van der Waals surface area contributed by atoms with Crippen LogP contribution in [0.1, 0.15) is 45.2 Å². The lowest BCUT2D eigenvalue weighted by atomic mass is 10.0. The van der Waals surface area contributed by atoms with Crippen LogP contribution in [-0.2, 0) is 4.74 Å². The van der Waals surface area contributed by atoms with Gasteiger partial charge in [0.05, 0.1) is 12.2 Å². The fourth-order valence-corrected chi connectivity index (χ4v) is 3.21. The van der Waals surface area contributed by atoms with Crippen LogP contribution in [0.4, 0.5) is 9.18 Å². The van der Waals surface area contributed by atoms with Gasteiger partial charge in [-0.2, -0.15) is 5.10 Å². The van der Waals surface area contributed by atoms with Crippen LogP contribution in [0.25, 0.3) is 17.2 Å². The van der Waals surface area contributed by atoms with Crippen molar-refractivity contribution < 1.29 is 13.9 Å². The molecular formula is C21H26FN3O2. The van der Waals surface area contributed by atoms with Gasteiger partial charge >= 0.3 is 6.09 Å². The minimum absolute atomic E-state index is 0.183. The number of rotatable bonds is 3. The van der Waals surface area contributed by atoms with E-state index in [9.17, 15) is 9.18 Å². The maximum absolute atomic E-state index is 14.2. The van der Waals surface area contributed by atoms with E-state index in [0.29, 0.717) is 18.7 Å². The predicted octanol–water partition coefficient (Wildman–Crippen LogP) is 4.90. The molecule has 0 bridgehead atoms.